The molecule has 1 heterocycles. The second-order valence-corrected chi connectivity index (χ2v) is 5.17. The number of thioether (sulfide) groups is 1. The molecule has 0 spiro atoms. The van der Waals surface area contributed by atoms with Crippen LogP contribution in [0.3, 0.4) is 0 Å². The molecule has 0 saturated carbocycles. The van der Waals surface area contributed by atoms with E-state index >= 15 is 0 Å². The van der Waals surface area contributed by atoms with Crippen molar-refractivity contribution >= 4 is 11.8 Å². The topological polar surface area (TPSA) is 44.1 Å². The molecule has 2 rings (SSSR count). The summed E-state index contributed by atoms with van der Waals surface area (Å²) in [6, 6.07) is 7.44. The average molecular weight is 330 g/mol. The largest absolute Gasteiger partial charge is 0.497 e. The smallest absolute Gasteiger partial charge is 0.433 e. The highest BCUT2D eigenvalue weighted by Crippen LogP contribution is 2.28. The van der Waals surface area contributed by atoms with Crippen LogP contribution >= 0.6 is 11.8 Å². The van der Waals surface area contributed by atoms with Crippen molar-refractivity contribution < 1.29 is 17.9 Å². The number of aromatic nitrogens is 2. The van der Waals surface area contributed by atoms with Gasteiger partial charge in [-0.1, -0.05) is 23.9 Å². The van der Waals surface area contributed by atoms with Crippen molar-refractivity contribution in [3.8, 4) is 5.75 Å². The van der Waals surface area contributed by atoms with Crippen LogP contribution in [0, 0.1) is 0 Å². The maximum Gasteiger partial charge on any atom is 0.433 e. The minimum atomic E-state index is -4.64. The van der Waals surface area contributed by atoms with E-state index in [1.54, 1.807) is 30.5 Å². The molecule has 0 N–H and O–H groups in total. The van der Waals surface area contributed by atoms with E-state index in [1.807, 2.05) is 0 Å². The third-order valence-electron chi connectivity index (χ3n) is 2.95. The zero-order valence-corrected chi connectivity index (χ0v) is 12.7. The van der Waals surface area contributed by atoms with Crippen LogP contribution in [0.1, 0.15) is 11.3 Å². The fourth-order valence-corrected chi connectivity index (χ4v) is 2.41. The summed E-state index contributed by atoms with van der Waals surface area (Å²) in [6.45, 7) is 0.143. The molecule has 0 saturated heterocycles. The summed E-state index contributed by atoms with van der Waals surface area (Å²) in [5, 5.41) is 0.0237. The van der Waals surface area contributed by atoms with Crippen molar-refractivity contribution in [1.82, 2.24) is 9.55 Å². The van der Waals surface area contributed by atoms with Gasteiger partial charge < -0.3 is 4.74 Å². The molecule has 0 radical (unpaired) electrons. The molecule has 0 bridgehead atoms. The Morgan fingerprint density at radius 1 is 1.27 bits per heavy atom. The van der Waals surface area contributed by atoms with E-state index in [2.05, 4.69) is 4.98 Å². The van der Waals surface area contributed by atoms with Gasteiger partial charge in [0, 0.05) is 6.07 Å². The Morgan fingerprint density at radius 3 is 2.41 bits per heavy atom. The summed E-state index contributed by atoms with van der Waals surface area (Å²) in [7, 11) is 1.53. The van der Waals surface area contributed by atoms with Crippen molar-refractivity contribution in [2.24, 2.45) is 0 Å². The molecule has 1 aromatic carbocycles. The summed E-state index contributed by atoms with van der Waals surface area (Å²) in [5.41, 5.74) is -1.14. The van der Waals surface area contributed by atoms with E-state index < -0.39 is 17.4 Å². The Balaban J connectivity index is 2.40. The van der Waals surface area contributed by atoms with E-state index in [1.165, 1.54) is 11.7 Å². The van der Waals surface area contributed by atoms with Crippen LogP contribution in [0.2, 0.25) is 0 Å². The lowest BCUT2D eigenvalue weighted by Gasteiger charge is -2.13. The molecule has 8 heteroatoms. The second kappa shape index (κ2) is 6.43. The van der Waals surface area contributed by atoms with Gasteiger partial charge in [-0.15, -0.1) is 0 Å². The van der Waals surface area contributed by atoms with Gasteiger partial charge in [-0.05, 0) is 24.0 Å². The number of hydrogen-bond acceptors (Lipinski definition) is 4. The van der Waals surface area contributed by atoms with Crippen molar-refractivity contribution in [1.29, 1.82) is 0 Å². The first-order valence-corrected chi connectivity index (χ1v) is 7.43. The van der Waals surface area contributed by atoms with Gasteiger partial charge in [-0.3, -0.25) is 9.36 Å². The molecule has 0 unspecified atom stereocenters. The van der Waals surface area contributed by atoms with Crippen LogP contribution in [0.15, 0.2) is 40.3 Å². The molecule has 0 amide bonds. The van der Waals surface area contributed by atoms with E-state index in [9.17, 15) is 18.0 Å². The Bertz CT molecular complexity index is 712. The first-order chi connectivity index (χ1) is 10.3. The van der Waals surface area contributed by atoms with Crippen LogP contribution in [-0.2, 0) is 12.7 Å². The fourth-order valence-electron chi connectivity index (χ4n) is 1.84. The molecular weight excluding hydrogens is 317 g/mol. The van der Waals surface area contributed by atoms with Crippen molar-refractivity contribution in [3.05, 3.63) is 51.9 Å². The molecule has 0 aliphatic rings. The molecule has 4 nitrogen and oxygen atoms in total. The lowest BCUT2D eigenvalue weighted by atomic mass is 10.2. The third kappa shape index (κ3) is 3.62. The van der Waals surface area contributed by atoms with Gasteiger partial charge in [0.2, 0.25) is 0 Å². The van der Waals surface area contributed by atoms with Crippen molar-refractivity contribution in [2.75, 3.05) is 13.4 Å². The van der Waals surface area contributed by atoms with E-state index in [0.717, 1.165) is 17.3 Å². The van der Waals surface area contributed by atoms with Gasteiger partial charge in [0.15, 0.2) is 10.9 Å². The van der Waals surface area contributed by atoms with Gasteiger partial charge in [0.05, 0.1) is 13.7 Å². The number of hydrogen-bond donors (Lipinski definition) is 0. The third-order valence-corrected chi connectivity index (χ3v) is 3.62. The summed E-state index contributed by atoms with van der Waals surface area (Å²) in [5.74, 6) is 0.659. The maximum atomic E-state index is 12.7. The van der Waals surface area contributed by atoms with E-state index in [-0.39, 0.29) is 11.7 Å². The lowest BCUT2D eigenvalue weighted by molar-refractivity contribution is -0.141. The fraction of sp³-hybridized carbons (Fsp3) is 0.286. The predicted molar refractivity (Wildman–Crippen MR) is 77.4 cm³/mol. The van der Waals surface area contributed by atoms with E-state index in [4.69, 9.17) is 4.74 Å². The zero-order chi connectivity index (χ0) is 16.3. The Labute approximate surface area is 128 Å². The summed E-state index contributed by atoms with van der Waals surface area (Å²) < 4.78 is 44.3. The number of ether oxygens (including phenoxy) is 1. The first-order valence-electron chi connectivity index (χ1n) is 6.21. The number of halogens is 3. The molecule has 1 aromatic heterocycles. The number of alkyl halides is 3. The molecule has 0 aliphatic carbocycles. The quantitative estimate of drug-likeness (QED) is 0.638. The van der Waals surface area contributed by atoms with Crippen LogP contribution in [0.5, 0.6) is 5.75 Å². The number of rotatable bonds is 4. The zero-order valence-electron chi connectivity index (χ0n) is 11.8. The number of nitrogens with zero attached hydrogens (tertiary/aromatic N) is 2. The van der Waals surface area contributed by atoms with Crippen molar-refractivity contribution in [3.63, 3.8) is 0 Å². The van der Waals surface area contributed by atoms with Crippen LogP contribution in [0.25, 0.3) is 0 Å². The highest BCUT2D eigenvalue weighted by molar-refractivity contribution is 7.98. The minimum absolute atomic E-state index is 0.0237. The SMILES string of the molecule is COc1ccc(Cn2c(SC)nc(C(F)(F)F)cc2=O)cc1. The minimum Gasteiger partial charge on any atom is -0.497 e. The summed E-state index contributed by atoms with van der Waals surface area (Å²) >= 11 is 0.994. The lowest BCUT2D eigenvalue weighted by Crippen LogP contribution is -2.26. The monoisotopic (exact) mass is 330 g/mol. The van der Waals surface area contributed by atoms with Gasteiger partial charge in [-0.25, -0.2) is 4.98 Å². The van der Waals surface area contributed by atoms with Crippen molar-refractivity contribution in [2.45, 2.75) is 17.9 Å². The van der Waals surface area contributed by atoms with Crippen LogP contribution in [-0.4, -0.2) is 22.9 Å². The molecule has 0 aliphatic heterocycles. The molecule has 0 fully saturated rings. The molecule has 0 atom stereocenters. The highest BCUT2D eigenvalue weighted by atomic mass is 32.2. The standard InChI is InChI=1S/C14H13F3N2O2S/c1-21-10-5-3-9(4-6-10)8-19-12(20)7-11(14(15,16)17)18-13(19)22-2/h3-7H,8H2,1-2H3. The molecule has 2 aromatic rings. The molecular formula is C14H13F3N2O2S. The second-order valence-electron chi connectivity index (χ2n) is 4.40. The first kappa shape index (κ1) is 16.4. The molecule has 118 valence electrons. The van der Waals surface area contributed by atoms with E-state index in [0.29, 0.717) is 11.8 Å². The van der Waals surface area contributed by atoms with Crippen LogP contribution < -0.4 is 10.3 Å². The Kier molecular flexibility index (Phi) is 4.80. The normalized spacial score (nSPS) is 11.5. The molecule has 22 heavy (non-hydrogen) atoms. The van der Waals surface area contributed by atoms with Gasteiger partial charge in [0.25, 0.3) is 5.56 Å². The average Bonchev–Trinajstić information content (AvgIpc) is 2.48. The van der Waals surface area contributed by atoms with Crippen LogP contribution in [0.4, 0.5) is 13.2 Å². The number of benzene rings is 1. The summed E-state index contributed by atoms with van der Waals surface area (Å²) in [4.78, 5) is 15.5. The van der Waals surface area contributed by atoms with Gasteiger partial charge in [-0.2, -0.15) is 13.2 Å². The Hall–Kier alpha value is -1.96. The Morgan fingerprint density at radius 2 is 1.91 bits per heavy atom. The van der Waals surface area contributed by atoms with Gasteiger partial charge in [0.1, 0.15) is 5.75 Å². The highest BCUT2D eigenvalue weighted by Gasteiger charge is 2.34. The maximum absolute atomic E-state index is 12.7. The predicted octanol–water partition coefficient (Wildman–Crippen LogP) is 3.04. The number of methoxy groups -OCH3 is 1. The van der Waals surface area contributed by atoms with Gasteiger partial charge >= 0.3 is 6.18 Å². The summed E-state index contributed by atoms with van der Waals surface area (Å²) in [6.07, 6.45) is -3.06.